The van der Waals surface area contributed by atoms with Crippen LogP contribution >= 0.6 is 0 Å². The van der Waals surface area contributed by atoms with E-state index >= 15 is 0 Å². The molecule has 0 aromatic heterocycles. The largest absolute Gasteiger partial charge is 0.398 e. The fourth-order valence-corrected chi connectivity index (χ4v) is 4.01. The van der Waals surface area contributed by atoms with Gasteiger partial charge in [-0.3, -0.25) is 0 Å². The molecule has 0 aliphatic heterocycles. The summed E-state index contributed by atoms with van der Waals surface area (Å²) < 4.78 is 48.3. The van der Waals surface area contributed by atoms with Crippen LogP contribution in [0.2, 0.25) is 0 Å². The highest BCUT2D eigenvalue weighted by Gasteiger charge is 2.22. The van der Waals surface area contributed by atoms with Gasteiger partial charge in [-0.25, -0.2) is 26.7 Å². The highest BCUT2D eigenvalue weighted by molar-refractivity contribution is 7.90. The van der Waals surface area contributed by atoms with Crippen LogP contribution in [0.1, 0.15) is 16.7 Å². The van der Waals surface area contributed by atoms with E-state index in [1.54, 1.807) is 26.8 Å². The van der Waals surface area contributed by atoms with E-state index in [1.807, 2.05) is 0 Å². The van der Waals surface area contributed by atoms with Crippen molar-refractivity contribution in [3.05, 3.63) is 22.8 Å². The Bertz CT molecular complexity index is 725. The van der Waals surface area contributed by atoms with Crippen molar-refractivity contribution in [3.63, 3.8) is 0 Å². The smallest absolute Gasteiger partial charge is 0.241 e. The number of rotatable bonds is 5. The highest BCUT2D eigenvalue weighted by Crippen LogP contribution is 2.27. The summed E-state index contributed by atoms with van der Waals surface area (Å²) in [5.74, 6) is -0.467. The molecule has 0 amide bonds. The van der Waals surface area contributed by atoms with Crippen LogP contribution in [0.15, 0.2) is 11.0 Å². The van der Waals surface area contributed by atoms with Gasteiger partial charge >= 0.3 is 0 Å². The van der Waals surface area contributed by atoms with E-state index in [9.17, 15) is 16.8 Å². The molecule has 0 heterocycles. The Hall–Kier alpha value is -1.16. The number of hydrogen-bond donors (Lipinski definition) is 3. The van der Waals surface area contributed by atoms with Gasteiger partial charge in [-0.2, -0.15) is 0 Å². The molecule has 0 atom stereocenters. The predicted octanol–water partition coefficient (Wildman–Crippen LogP) is -0.239. The molecule has 0 aliphatic rings. The monoisotopic (exact) mass is 321 g/mol. The summed E-state index contributed by atoms with van der Waals surface area (Å²) in [7, 11) is -7.55. The average Bonchev–Trinajstić information content (AvgIpc) is 2.23. The van der Waals surface area contributed by atoms with Gasteiger partial charge in [-0.05, 0) is 37.5 Å². The molecule has 5 N–H and O–H groups in total. The molecule has 0 radical (unpaired) electrons. The lowest BCUT2D eigenvalue weighted by Gasteiger charge is -2.15. The molecule has 0 aliphatic carbocycles. The molecule has 7 nitrogen and oxygen atoms in total. The third kappa shape index (κ3) is 3.92. The number of anilines is 1. The van der Waals surface area contributed by atoms with Crippen molar-refractivity contribution >= 4 is 25.7 Å². The van der Waals surface area contributed by atoms with Crippen molar-refractivity contribution in [3.8, 4) is 0 Å². The number of nitrogens with one attached hydrogen (secondary N) is 1. The third-order valence-corrected chi connectivity index (χ3v) is 5.43. The zero-order valence-electron chi connectivity index (χ0n) is 11.6. The Morgan fingerprint density at radius 2 is 1.65 bits per heavy atom. The number of hydrogen-bond acceptors (Lipinski definition) is 5. The Kier molecular flexibility index (Phi) is 4.80. The molecule has 0 saturated carbocycles. The number of benzene rings is 1. The Balaban J connectivity index is 3.14. The molecule has 114 valence electrons. The quantitative estimate of drug-likeness (QED) is 0.644. The summed E-state index contributed by atoms with van der Waals surface area (Å²) in [6, 6.07) is 1.68. The highest BCUT2D eigenvalue weighted by atomic mass is 32.2. The molecule has 0 unspecified atom stereocenters. The van der Waals surface area contributed by atoms with Crippen LogP contribution in [0.25, 0.3) is 0 Å². The first-order valence-corrected chi connectivity index (χ1v) is 9.02. The fraction of sp³-hybridized carbons (Fsp3) is 0.455. The van der Waals surface area contributed by atoms with E-state index < -0.39 is 25.8 Å². The first-order valence-electron chi connectivity index (χ1n) is 5.82. The summed E-state index contributed by atoms with van der Waals surface area (Å²) in [6.07, 6.45) is 0. The summed E-state index contributed by atoms with van der Waals surface area (Å²) in [5, 5.41) is 4.82. The maximum absolute atomic E-state index is 12.2. The molecule has 0 fully saturated rings. The van der Waals surface area contributed by atoms with Crippen molar-refractivity contribution in [2.24, 2.45) is 5.14 Å². The minimum absolute atomic E-state index is 0.0787. The number of sulfonamides is 2. The van der Waals surface area contributed by atoms with Crippen LogP contribution in [0.3, 0.4) is 0 Å². The van der Waals surface area contributed by atoms with Gasteiger partial charge < -0.3 is 5.73 Å². The van der Waals surface area contributed by atoms with Gasteiger partial charge in [0, 0.05) is 12.2 Å². The van der Waals surface area contributed by atoms with Gasteiger partial charge in [-0.15, -0.1) is 0 Å². The zero-order chi connectivity index (χ0) is 15.7. The van der Waals surface area contributed by atoms with Crippen molar-refractivity contribution in [1.82, 2.24) is 4.72 Å². The van der Waals surface area contributed by atoms with E-state index in [-0.39, 0.29) is 11.4 Å². The number of primary sulfonamides is 1. The lowest BCUT2D eigenvalue weighted by molar-refractivity contribution is 0.580. The normalized spacial score (nSPS) is 12.6. The van der Waals surface area contributed by atoms with E-state index in [1.165, 1.54) is 0 Å². The van der Waals surface area contributed by atoms with Crippen LogP contribution < -0.4 is 15.6 Å². The zero-order valence-corrected chi connectivity index (χ0v) is 13.2. The number of nitrogen functional groups attached to an aromatic ring is 1. The van der Waals surface area contributed by atoms with Gasteiger partial charge in [0.2, 0.25) is 20.0 Å². The second kappa shape index (κ2) is 5.68. The number of aryl methyl sites for hydroxylation is 2. The van der Waals surface area contributed by atoms with Crippen molar-refractivity contribution in [2.75, 3.05) is 18.0 Å². The van der Waals surface area contributed by atoms with E-state index in [2.05, 4.69) is 4.72 Å². The van der Waals surface area contributed by atoms with Crippen LogP contribution in [-0.4, -0.2) is 29.1 Å². The summed E-state index contributed by atoms with van der Waals surface area (Å²) in [6.45, 7) is 4.78. The lowest BCUT2D eigenvalue weighted by Crippen LogP contribution is -2.32. The maximum Gasteiger partial charge on any atom is 0.241 e. The van der Waals surface area contributed by atoms with Crippen LogP contribution in [0.4, 0.5) is 5.69 Å². The number of nitrogens with two attached hydrogens (primary N) is 2. The molecule has 20 heavy (non-hydrogen) atoms. The van der Waals surface area contributed by atoms with Crippen molar-refractivity contribution in [1.29, 1.82) is 0 Å². The van der Waals surface area contributed by atoms with Crippen LogP contribution in [0, 0.1) is 20.8 Å². The van der Waals surface area contributed by atoms with E-state index in [0.29, 0.717) is 16.8 Å². The van der Waals surface area contributed by atoms with Gasteiger partial charge in [0.15, 0.2) is 0 Å². The minimum atomic E-state index is -3.83. The molecule has 1 rings (SSSR count). The van der Waals surface area contributed by atoms with Gasteiger partial charge in [0.25, 0.3) is 0 Å². The summed E-state index contributed by atoms with van der Waals surface area (Å²) in [5.41, 5.74) is 8.04. The van der Waals surface area contributed by atoms with Gasteiger partial charge in [0.1, 0.15) is 0 Å². The lowest BCUT2D eigenvalue weighted by atomic mass is 10.1. The topological polar surface area (TPSA) is 132 Å². The second-order valence-electron chi connectivity index (χ2n) is 4.64. The third-order valence-electron chi connectivity index (χ3n) is 2.91. The standard InChI is InChI=1S/C11H19N3O4S2/c1-7-6-8(2)11(9(3)10(7)12)20(17,18)14-4-5-19(13,15)16/h6,14H,4-5,12H2,1-3H3,(H2,13,15,16). The Labute approximate surface area is 119 Å². The Morgan fingerprint density at radius 1 is 1.10 bits per heavy atom. The molecule has 9 heteroatoms. The molecule has 1 aromatic rings. The minimum Gasteiger partial charge on any atom is -0.398 e. The molecule has 0 bridgehead atoms. The first kappa shape index (κ1) is 16.9. The van der Waals surface area contributed by atoms with Crippen LogP contribution in [-0.2, 0) is 20.0 Å². The average molecular weight is 321 g/mol. The molecular formula is C11H19N3O4S2. The van der Waals surface area contributed by atoms with E-state index in [4.69, 9.17) is 10.9 Å². The van der Waals surface area contributed by atoms with E-state index in [0.717, 1.165) is 5.56 Å². The molecular weight excluding hydrogens is 302 g/mol. The predicted molar refractivity (Wildman–Crippen MR) is 78.2 cm³/mol. The Morgan fingerprint density at radius 3 is 2.15 bits per heavy atom. The SMILES string of the molecule is Cc1cc(C)c(S(=O)(=O)NCCS(N)(=O)=O)c(C)c1N. The summed E-state index contributed by atoms with van der Waals surface area (Å²) in [4.78, 5) is 0.0787. The fourth-order valence-electron chi connectivity index (χ4n) is 1.99. The molecule has 1 aromatic carbocycles. The van der Waals surface area contributed by atoms with Crippen LogP contribution in [0.5, 0.6) is 0 Å². The molecule has 0 spiro atoms. The van der Waals surface area contributed by atoms with Crippen molar-refractivity contribution < 1.29 is 16.8 Å². The van der Waals surface area contributed by atoms with Gasteiger partial charge in [-0.1, -0.05) is 6.07 Å². The molecule has 0 saturated heterocycles. The van der Waals surface area contributed by atoms with Gasteiger partial charge in [0.05, 0.1) is 10.6 Å². The first-order chi connectivity index (χ1) is 8.96. The summed E-state index contributed by atoms with van der Waals surface area (Å²) >= 11 is 0. The van der Waals surface area contributed by atoms with Crippen molar-refractivity contribution in [2.45, 2.75) is 25.7 Å². The second-order valence-corrected chi connectivity index (χ2v) is 8.08. The maximum atomic E-state index is 12.2.